The van der Waals surface area contributed by atoms with Crippen LogP contribution < -0.4 is 0 Å². The zero-order valence-electron chi connectivity index (χ0n) is 23.6. The van der Waals surface area contributed by atoms with Gasteiger partial charge in [-0.1, -0.05) is 80.8 Å². The Morgan fingerprint density at radius 1 is 0.950 bits per heavy atom. The number of carbonyl (C=O) groups excluding carboxylic acids is 3. The molecule has 8 heteroatoms. The third-order valence-electron chi connectivity index (χ3n) is 9.81. The number of likely N-dealkylation sites (tertiary alicyclic amines) is 1. The first-order valence-electron chi connectivity index (χ1n) is 15.0. The largest absolute Gasteiger partial charge is 0.394 e. The maximum atomic E-state index is 14.8. The van der Waals surface area contributed by atoms with Gasteiger partial charge in [-0.2, -0.15) is 0 Å². The normalized spacial score (nSPS) is 34.9. The summed E-state index contributed by atoms with van der Waals surface area (Å²) < 4.78 is -1.51. The smallest absolute Gasteiger partial charge is 0.247 e. The van der Waals surface area contributed by atoms with Crippen LogP contribution in [0.5, 0.6) is 0 Å². The van der Waals surface area contributed by atoms with Crippen molar-refractivity contribution in [2.24, 2.45) is 11.8 Å². The lowest BCUT2D eigenvalue weighted by Crippen LogP contribution is -2.56. The molecule has 1 aromatic rings. The van der Waals surface area contributed by atoms with E-state index in [1.54, 1.807) is 16.7 Å². The Bertz CT molecular complexity index is 1210. The van der Waals surface area contributed by atoms with E-state index in [9.17, 15) is 19.5 Å². The van der Waals surface area contributed by atoms with E-state index in [2.05, 4.69) is 38.2 Å². The molecule has 214 valence electrons. The molecule has 1 saturated carbocycles. The van der Waals surface area contributed by atoms with Gasteiger partial charge in [0.05, 0.1) is 29.2 Å². The van der Waals surface area contributed by atoms with Crippen molar-refractivity contribution in [1.82, 2.24) is 14.7 Å². The highest BCUT2D eigenvalue weighted by Gasteiger charge is 2.74. The molecule has 0 radical (unpaired) electrons. The molecule has 0 bridgehead atoms. The van der Waals surface area contributed by atoms with Crippen LogP contribution in [0.25, 0.3) is 0 Å². The number of aliphatic hydroxyl groups is 1. The maximum absolute atomic E-state index is 14.8. The van der Waals surface area contributed by atoms with Crippen molar-refractivity contribution in [1.29, 1.82) is 0 Å². The van der Waals surface area contributed by atoms with E-state index in [1.165, 1.54) is 6.42 Å². The Morgan fingerprint density at radius 3 is 2.38 bits per heavy atom. The van der Waals surface area contributed by atoms with Crippen LogP contribution in [0.15, 0.2) is 54.6 Å². The molecule has 0 aromatic heterocycles. The molecule has 4 aliphatic heterocycles. The predicted octanol–water partition coefficient (Wildman–Crippen LogP) is 3.95. The van der Waals surface area contributed by atoms with Crippen molar-refractivity contribution in [2.75, 3.05) is 26.2 Å². The summed E-state index contributed by atoms with van der Waals surface area (Å²) in [7, 11) is 0. The summed E-state index contributed by atoms with van der Waals surface area (Å²) >= 11 is 1.62. The molecule has 4 heterocycles. The average molecular weight is 564 g/mol. The van der Waals surface area contributed by atoms with Crippen LogP contribution in [-0.4, -0.2) is 85.3 Å². The molecule has 1 aliphatic carbocycles. The van der Waals surface area contributed by atoms with Crippen LogP contribution in [0.4, 0.5) is 0 Å². The standard InChI is InChI=1S/C32H41N3O4S/c1-3-18-33-19-10-16-31(2)25(28(33)37)26-29(38)35(24(21-36)22-12-6-4-7-13-22)27-30(39)34(23-14-8-5-9-15-23)20-11-17-32(26,27)40-31/h4,6-7,10-13,16-17,23-27,36H,3,5,8-9,14-15,18-21H2,1-2H3/t24-,25+,26+,27?,31-,32+/m1/s1. The van der Waals surface area contributed by atoms with E-state index in [0.29, 0.717) is 19.6 Å². The van der Waals surface area contributed by atoms with Crippen molar-refractivity contribution in [3.8, 4) is 0 Å². The number of amides is 3. The Hall–Kier alpha value is -2.58. The summed E-state index contributed by atoms with van der Waals surface area (Å²) in [5, 5.41) is 10.7. The summed E-state index contributed by atoms with van der Waals surface area (Å²) in [6, 6.07) is 8.20. The van der Waals surface area contributed by atoms with Crippen LogP contribution in [0.2, 0.25) is 0 Å². The molecule has 1 N–H and O–H groups in total. The summed E-state index contributed by atoms with van der Waals surface area (Å²) in [6.07, 6.45) is 14.5. The third kappa shape index (κ3) is 4.16. The van der Waals surface area contributed by atoms with Crippen LogP contribution in [0.1, 0.15) is 64.0 Å². The lowest BCUT2D eigenvalue weighted by molar-refractivity contribution is -0.148. The second kappa shape index (κ2) is 10.7. The van der Waals surface area contributed by atoms with Crippen LogP contribution in [0, 0.1) is 11.8 Å². The van der Waals surface area contributed by atoms with Crippen LogP contribution in [-0.2, 0) is 14.4 Å². The zero-order valence-corrected chi connectivity index (χ0v) is 24.4. The van der Waals surface area contributed by atoms with Gasteiger partial charge in [-0.3, -0.25) is 14.4 Å². The molecular weight excluding hydrogens is 522 g/mol. The lowest BCUT2D eigenvalue weighted by atomic mass is 9.74. The predicted molar refractivity (Wildman–Crippen MR) is 156 cm³/mol. The molecule has 1 aromatic carbocycles. The third-order valence-corrected chi connectivity index (χ3v) is 11.6. The zero-order chi connectivity index (χ0) is 28.1. The number of nitrogens with zero attached hydrogens (tertiary/aromatic N) is 3. The molecule has 2 saturated heterocycles. The summed E-state index contributed by atoms with van der Waals surface area (Å²) in [4.78, 5) is 49.3. The van der Waals surface area contributed by atoms with E-state index >= 15 is 0 Å². The molecule has 3 amide bonds. The average Bonchev–Trinajstić information content (AvgIpc) is 3.23. The summed E-state index contributed by atoms with van der Waals surface area (Å²) in [6.45, 7) is 5.51. The molecule has 40 heavy (non-hydrogen) atoms. The highest BCUT2D eigenvalue weighted by molar-refractivity contribution is 8.02. The van der Waals surface area contributed by atoms with E-state index in [-0.39, 0.29) is 30.4 Å². The van der Waals surface area contributed by atoms with Gasteiger partial charge in [-0.25, -0.2) is 0 Å². The first-order valence-corrected chi connectivity index (χ1v) is 15.8. The number of rotatable bonds is 6. The van der Waals surface area contributed by atoms with E-state index in [0.717, 1.165) is 37.7 Å². The second-order valence-corrected chi connectivity index (χ2v) is 14.0. The van der Waals surface area contributed by atoms with Crippen LogP contribution >= 0.6 is 11.8 Å². The van der Waals surface area contributed by atoms with Crippen molar-refractivity contribution in [3.05, 3.63) is 60.2 Å². The van der Waals surface area contributed by atoms with E-state index in [1.807, 2.05) is 40.1 Å². The Labute approximate surface area is 241 Å². The first kappa shape index (κ1) is 27.6. The molecule has 5 aliphatic rings. The van der Waals surface area contributed by atoms with Crippen molar-refractivity contribution in [2.45, 2.75) is 80.0 Å². The van der Waals surface area contributed by atoms with E-state index in [4.69, 9.17) is 0 Å². The first-order chi connectivity index (χ1) is 19.4. The fraction of sp³-hybridized carbons (Fsp3) is 0.594. The van der Waals surface area contributed by atoms with Crippen molar-refractivity contribution >= 4 is 29.5 Å². The maximum Gasteiger partial charge on any atom is 0.247 e. The molecule has 6 atom stereocenters. The summed E-state index contributed by atoms with van der Waals surface area (Å²) in [5.41, 5.74) is 0.797. The number of thioether (sulfide) groups is 1. The minimum atomic E-state index is -0.894. The van der Waals surface area contributed by atoms with Gasteiger partial charge in [0.1, 0.15) is 6.04 Å². The Kier molecular flexibility index (Phi) is 7.36. The van der Waals surface area contributed by atoms with Gasteiger partial charge in [0.15, 0.2) is 0 Å². The fourth-order valence-electron chi connectivity index (χ4n) is 8.09. The SMILES string of the molecule is CCCN1CC=C[C@@]2(C)S[C@]34C=CCN(C5CCCCC5)C(=O)C3N([C@H](CO)c3ccccc3)C(=O)[C@@H]4[C@H]2C1=O. The number of fused-ring (bicyclic) bond motifs is 2. The fourth-order valence-corrected chi connectivity index (χ4v) is 10.2. The monoisotopic (exact) mass is 563 g/mol. The van der Waals surface area contributed by atoms with Crippen molar-refractivity contribution < 1.29 is 19.5 Å². The van der Waals surface area contributed by atoms with Gasteiger partial charge < -0.3 is 19.8 Å². The van der Waals surface area contributed by atoms with Gasteiger partial charge in [0.25, 0.3) is 0 Å². The van der Waals surface area contributed by atoms with Gasteiger partial charge in [-0.15, -0.1) is 11.8 Å². The minimum Gasteiger partial charge on any atom is -0.394 e. The lowest BCUT2D eigenvalue weighted by Gasteiger charge is -2.42. The molecular formula is C32H41N3O4S. The number of aliphatic hydroxyl groups excluding tert-OH is 1. The Balaban J connectivity index is 1.50. The Morgan fingerprint density at radius 2 is 1.68 bits per heavy atom. The topological polar surface area (TPSA) is 81.2 Å². The molecule has 1 unspecified atom stereocenters. The molecule has 3 fully saturated rings. The highest BCUT2D eigenvalue weighted by atomic mass is 32.2. The molecule has 6 rings (SSSR count). The van der Waals surface area contributed by atoms with Gasteiger partial charge in [0, 0.05) is 30.4 Å². The van der Waals surface area contributed by atoms with Gasteiger partial charge in [-0.05, 0) is 31.7 Å². The van der Waals surface area contributed by atoms with E-state index < -0.39 is 33.4 Å². The quantitative estimate of drug-likeness (QED) is 0.531. The number of carbonyl (C=O) groups is 3. The van der Waals surface area contributed by atoms with Gasteiger partial charge in [0.2, 0.25) is 17.7 Å². The van der Waals surface area contributed by atoms with Crippen molar-refractivity contribution in [3.63, 3.8) is 0 Å². The second-order valence-electron chi connectivity index (χ2n) is 12.2. The number of hydrogen-bond acceptors (Lipinski definition) is 5. The summed E-state index contributed by atoms with van der Waals surface area (Å²) in [5.74, 6) is -1.52. The highest BCUT2D eigenvalue weighted by Crippen LogP contribution is 2.66. The number of benzene rings is 1. The molecule has 1 spiro atoms. The molecule has 7 nitrogen and oxygen atoms in total. The minimum absolute atomic E-state index is 0.00725. The van der Waals surface area contributed by atoms with Gasteiger partial charge >= 0.3 is 0 Å². The van der Waals surface area contributed by atoms with Crippen LogP contribution in [0.3, 0.4) is 0 Å². The number of hydrogen-bond donors (Lipinski definition) is 1.